The van der Waals surface area contributed by atoms with E-state index in [1.54, 1.807) is 63.4 Å². The Kier molecular flexibility index (Phi) is 5.84. The zero-order valence-electron chi connectivity index (χ0n) is 15.8. The number of benzene rings is 2. The fraction of sp³-hybridized carbons (Fsp3) is 0.238. The van der Waals surface area contributed by atoms with Crippen molar-refractivity contribution in [2.24, 2.45) is 0 Å². The van der Waals surface area contributed by atoms with Crippen molar-refractivity contribution in [3.05, 3.63) is 59.0 Å². The van der Waals surface area contributed by atoms with Gasteiger partial charge >= 0.3 is 5.97 Å². The third-order valence-electron chi connectivity index (χ3n) is 3.93. The zero-order valence-corrected chi connectivity index (χ0v) is 15.8. The number of methoxy groups -OCH3 is 1. The topological polar surface area (TPSA) is 84.2 Å². The highest BCUT2D eigenvalue weighted by Crippen LogP contribution is 2.25. The van der Waals surface area contributed by atoms with Gasteiger partial charge in [-0.25, -0.2) is 4.79 Å². The maximum atomic E-state index is 12.7. The van der Waals surface area contributed by atoms with E-state index < -0.39 is 12.1 Å². The van der Waals surface area contributed by atoms with Crippen molar-refractivity contribution in [1.82, 2.24) is 0 Å². The van der Waals surface area contributed by atoms with Crippen LogP contribution in [0.4, 0.5) is 0 Å². The van der Waals surface area contributed by atoms with Gasteiger partial charge < -0.3 is 23.4 Å². The minimum atomic E-state index is -0.776. The Morgan fingerprint density at radius 1 is 1.07 bits per heavy atom. The normalized spacial score (nSPS) is 11.7. The summed E-state index contributed by atoms with van der Waals surface area (Å²) in [6.45, 7) is 3.58. The van der Waals surface area contributed by atoms with Gasteiger partial charge in [0, 0.05) is 6.07 Å². The van der Waals surface area contributed by atoms with E-state index in [1.807, 2.05) is 0 Å². The fourth-order valence-corrected chi connectivity index (χ4v) is 2.52. The lowest BCUT2D eigenvalue weighted by atomic mass is 10.2. The first-order chi connectivity index (χ1) is 13.5. The Labute approximate surface area is 161 Å². The molecule has 0 radical (unpaired) electrons. The molecule has 1 atom stereocenters. The van der Waals surface area contributed by atoms with E-state index in [0.717, 1.165) is 0 Å². The number of hydrogen-bond acceptors (Lipinski definition) is 7. The molecular formula is C21H20O7. The molecule has 28 heavy (non-hydrogen) atoms. The van der Waals surface area contributed by atoms with E-state index in [9.17, 15) is 9.59 Å². The Balaban J connectivity index is 1.82. The highest BCUT2D eigenvalue weighted by molar-refractivity contribution is 5.79. The molecule has 0 aliphatic carbocycles. The second-order valence-corrected chi connectivity index (χ2v) is 5.88. The molecule has 0 aliphatic rings. The summed E-state index contributed by atoms with van der Waals surface area (Å²) in [6.07, 6.45) is 0.467. The molecule has 146 valence electrons. The lowest BCUT2D eigenvalue weighted by Crippen LogP contribution is -2.26. The number of ether oxygens (including phenoxy) is 4. The molecule has 0 fully saturated rings. The highest BCUT2D eigenvalue weighted by Gasteiger charge is 2.17. The van der Waals surface area contributed by atoms with Crippen molar-refractivity contribution in [3.8, 4) is 23.0 Å². The minimum Gasteiger partial charge on any atom is -0.497 e. The lowest BCUT2D eigenvalue weighted by Gasteiger charge is -2.13. The molecule has 0 saturated heterocycles. The number of esters is 1. The van der Waals surface area contributed by atoms with Crippen LogP contribution >= 0.6 is 0 Å². The van der Waals surface area contributed by atoms with Crippen molar-refractivity contribution in [3.63, 3.8) is 0 Å². The average molecular weight is 384 g/mol. The molecule has 0 spiro atoms. The first kappa shape index (κ1) is 19.3. The molecule has 1 heterocycles. The maximum Gasteiger partial charge on any atom is 0.347 e. The molecule has 7 nitrogen and oxygen atoms in total. The summed E-state index contributed by atoms with van der Waals surface area (Å²) < 4.78 is 26.7. The standard InChI is InChI=1S/C21H20O7/c1-4-25-21(23)13(2)27-16-9-10-17-18(11-16)26-12-19(20(17)22)28-15-7-5-14(24-3)6-8-15/h5-13H,4H2,1-3H3/t13-/m0/s1. The van der Waals surface area contributed by atoms with Gasteiger partial charge in [-0.3, -0.25) is 4.79 Å². The van der Waals surface area contributed by atoms with Crippen molar-refractivity contribution in [1.29, 1.82) is 0 Å². The van der Waals surface area contributed by atoms with Gasteiger partial charge in [0.2, 0.25) is 11.2 Å². The fourth-order valence-electron chi connectivity index (χ4n) is 2.52. The van der Waals surface area contributed by atoms with Crippen LogP contribution in [0.25, 0.3) is 11.0 Å². The third kappa shape index (κ3) is 4.25. The molecule has 1 aromatic heterocycles. The summed E-state index contributed by atoms with van der Waals surface area (Å²) in [7, 11) is 1.57. The van der Waals surface area contributed by atoms with Crippen molar-refractivity contribution >= 4 is 16.9 Å². The van der Waals surface area contributed by atoms with E-state index in [4.69, 9.17) is 23.4 Å². The first-order valence-corrected chi connectivity index (χ1v) is 8.72. The Hall–Kier alpha value is -3.48. The van der Waals surface area contributed by atoms with Crippen molar-refractivity contribution < 1.29 is 28.2 Å². The molecule has 3 aromatic rings. The van der Waals surface area contributed by atoms with Gasteiger partial charge in [0.25, 0.3) is 0 Å². The smallest absolute Gasteiger partial charge is 0.347 e. The molecule has 0 bridgehead atoms. The van der Waals surface area contributed by atoms with E-state index in [0.29, 0.717) is 28.2 Å². The van der Waals surface area contributed by atoms with Gasteiger partial charge in [-0.2, -0.15) is 0 Å². The van der Waals surface area contributed by atoms with Crippen LogP contribution in [0, 0.1) is 0 Å². The van der Waals surface area contributed by atoms with Gasteiger partial charge in [-0.1, -0.05) is 0 Å². The predicted octanol–water partition coefficient (Wildman–Crippen LogP) is 3.92. The SMILES string of the molecule is CCOC(=O)[C@H](C)Oc1ccc2c(=O)c(Oc3ccc(OC)cc3)coc2c1. The molecule has 0 aliphatic heterocycles. The summed E-state index contributed by atoms with van der Waals surface area (Å²) in [4.78, 5) is 24.3. The molecule has 0 unspecified atom stereocenters. The second kappa shape index (κ2) is 8.47. The van der Waals surface area contributed by atoms with E-state index in [1.165, 1.54) is 6.26 Å². The van der Waals surface area contributed by atoms with Gasteiger partial charge in [-0.05, 0) is 50.2 Å². The quantitative estimate of drug-likeness (QED) is 0.571. The summed E-state index contributed by atoms with van der Waals surface area (Å²) in [6, 6.07) is 11.5. The Morgan fingerprint density at radius 3 is 2.43 bits per heavy atom. The summed E-state index contributed by atoms with van der Waals surface area (Å²) >= 11 is 0. The molecule has 3 rings (SSSR count). The van der Waals surface area contributed by atoms with E-state index in [2.05, 4.69) is 0 Å². The largest absolute Gasteiger partial charge is 0.497 e. The predicted molar refractivity (Wildman–Crippen MR) is 102 cm³/mol. The number of carbonyl (C=O) groups is 1. The molecule has 0 N–H and O–H groups in total. The molecule has 2 aromatic carbocycles. The number of fused-ring (bicyclic) bond motifs is 1. The summed E-state index contributed by atoms with van der Waals surface area (Å²) in [5.74, 6) is 1.15. The maximum absolute atomic E-state index is 12.7. The van der Waals surface area contributed by atoms with Crippen LogP contribution < -0.4 is 19.6 Å². The Bertz CT molecular complexity index is 1020. The molecule has 7 heteroatoms. The third-order valence-corrected chi connectivity index (χ3v) is 3.93. The number of hydrogen-bond donors (Lipinski definition) is 0. The van der Waals surface area contributed by atoms with Crippen molar-refractivity contribution in [2.75, 3.05) is 13.7 Å². The highest BCUT2D eigenvalue weighted by atomic mass is 16.6. The van der Waals surface area contributed by atoms with Crippen LogP contribution in [0.5, 0.6) is 23.0 Å². The first-order valence-electron chi connectivity index (χ1n) is 8.72. The monoisotopic (exact) mass is 384 g/mol. The van der Waals surface area contributed by atoms with E-state index >= 15 is 0 Å². The van der Waals surface area contributed by atoms with Gasteiger partial charge in [0.1, 0.15) is 29.1 Å². The van der Waals surface area contributed by atoms with Crippen LogP contribution in [-0.4, -0.2) is 25.8 Å². The van der Waals surface area contributed by atoms with Crippen LogP contribution in [0.2, 0.25) is 0 Å². The van der Waals surface area contributed by atoms with Gasteiger partial charge in [0.15, 0.2) is 6.10 Å². The lowest BCUT2D eigenvalue weighted by molar-refractivity contribution is -0.150. The van der Waals surface area contributed by atoms with Crippen LogP contribution in [0.1, 0.15) is 13.8 Å². The number of rotatable bonds is 7. The average Bonchev–Trinajstić information content (AvgIpc) is 2.71. The summed E-state index contributed by atoms with van der Waals surface area (Å²) in [5, 5.41) is 0.335. The second-order valence-electron chi connectivity index (χ2n) is 5.88. The zero-order chi connectivity index (χ0) is 20.1. The molecule has 0 amide bonds. The minimum absolute atomic E-state index is 0.0613. The molecular weight excluding hydrogens is 364 g/mol. The molecule has 0 saturated carbocycles. The Morgan fingerprint density at radius 2 is 1.75 bits per heavy atom. The van der Waals surface area contributed by atoms with Crippen molar-refractivity contribution in [2.45, 2.75) is 20.0 Å². The van der Waals surface area contributed by atoms with Gasteiger partial charge in [-0.15, -0.1) is 0 Å². The van der Waals surface area contributed by atoms with E-state index in [-0.39, 0.29) is 17.8 Å². The number of carbonyl (C=O) groups excluding carboxylic acids is 1. The van der Waals surface area contributed by atoms with Crippen LogP contribution in [-0.2, 0) is 9.53 Å². The summed E-state index contributed by atoms with van der Waals surface area (Å²) in [5.41, 5.74) is 0.00250. The van der Waals surface area contributed by atoms with Crippen LogP contribution in [0.3, 0.4) is 0 Å². The van der Waals surface area contributed by atoms with Gasteiger partial charge in [0.05, 0.1) is 19.1 Å². The van der Waals surface area contributed by atoms with Crippen LogP contribution in [0.15, 0.2) is 57.9 Å².